The average Bonchev–Trinajstić information content (AvgIpc) is 3.67. The monoisotopic (exact) mass is 587 g/mol. The highest BCUT2D eigenvalue weighted by Gasteiger charge is 2.29. The van der Waals surface area contributed by atoms with Crippen LogP contribution in [0.5, 0.6) is 0 Å². The van der Waals surface area contributed by atoms with Gasteiger partial charge in [-0.3, -0.25) is 0 Å². The highest BCUT2D eigenvalue weighted by molar-refractivity contribution is 6.08. The molecule has 0 unspecified atom stereocenters. The van der Waals surface area contributed by atoms with Crippen LogP contribution in [0.4, 0.5) is 0 Å². The molecular formula is C42H25N3O. The summed E-state index contributed by atoms with van der Waals surface area (Å²) in [6.07, 6.45) is 0. The minimum atomic E-state index is 0.179. The van der Waals surface area contributed by atoms with Crippen LogP contribution in [0.2, 0.25) is 0 Å². The Morgan fingerprint density at radius 1 is 0.565 bits per heavy atom. The van der Waals surface area contributed by atoms with Gasteiger partial charge in [0, 0.05) is 22.4 Å². The van der Waals surface area contributed by atoms with E-state index in [1.807, 2.05) is 54.6 Å². The van der Waals surface area contributed by atoms with E-state index >= 15 is 0 Å². The van der Waals surface area contributed by atoms with Crippen molar-refractivity contribution >= 4 is 22.1 Å². The first-order valence-corrected chi connectivity index (χ1v) is 15.3. The molecule has 0 saturated heterocycles. The molecule has 0 atom stereocenters. The van der Waals surface area contributed by atoms with Crippen molar-refractivity contribution in [3.63, 3.8) is 0 Å². The zero-order valence-electron chi connectivity index (χ0n) is 24.7. The van der Waals surface area contributed by atoms with E-state index in [0.29, 0.717) is 22.7 Å². The molecule has 0 bridgehead atoms. The van der Waals surface area contributed by atoms with E-state index in [1.54, 1.807) is 6.07 Å². The molecule has 8 aromatic rings. The molecular weight excluding hydrogens is 562 g/mol. The second-order valence-corrected chi connectivity index (χ2v) is 11.7. The molecule has 0 aliphatic heterocycles. The van der Waals surface area contributed by atoms with Gasteiger partial charge in [0.1, 0.15) is 16.8 Å². The van der Waals surface area contributed by atoms with Crippen LogP contribution in [0, 0.1) is 11.3 Å². The van der Waals surface area contributed by atoms with Crippen LogP contribution in [0.25, 0.3) is 67.0 Å². The Morgan fingerprint density at radius 2 is 1.24 bits per heavy atom. The van der Waals surface area contributed by atoms with E-state index in [9.17, 15) is 5.26 Å². The van der Waals surface area contributed by atoms with E-state index in [0.717, 1.165) is 38.7 Å². The lowest BCUT2D eigenvalue weighted by Crippen LogP contribution is -1.99. The summed E-state index contributed by atoms with van der Waals surface area (Å²) in [6.45, 7) is 0. The van der Waals surface area contributed by atoms with Gasteiger partial charge >= 0.3 is 0 Å². The Labute approximate surface area is 265 Å². The fourth-order valence-corrected chi connectivity index (χ4v) is 6.88. The molecule has 9 rings (SSSR count). The number of furan rings is 1. The Morgan fingerprint density at radius 3 is 2.02 bits per heavy atom. The maximum atomic E-state index is 9.59. The molecule has 6 aromatic carbocycles. The summed E-state index contributed by atoms with van der Waals surface area (Å²) >= 11 is 0. The highest BCUT2D eigenvalue weighted by atomic mass is 16.3. The SMILES string of the molecule is N#Cc1cccc(-c2nc(-c3ccccc3)nc3c2oc2ccc(-c4cccc(C5c6ccccc6-c6ccccc65)c4)cc23)c1. The topological polar surface area (TPSA) is 62.7 Å². The lowest BCUT2D eigenvalue weighted by Gasteiger charge is -2.16. The molecule has 4 nitrogen and oxygen atoms in total. The van der Waals surface area contributed by atoms with Crippen LogP contribution in [0.1, 0.15) is 28.2 Å². The number of hydrogen-bond donors (Lipinski definition) is 0. The fourth-order valence-electron chi connectivity index (χ4n) is 6.88. The first-order chi connectivity index (χ1) is 22.7. The molecule has 214 valence electrons. The van der Waals surface area contributed by atoms with Gasteiger partial charge < -0.3 is 4.42 Å². The number of rotatable bonds is 4. The average molecular weight is 588 g/mol. The van der Waals surface area contributed by atoms with Gasteiger partial charge in [0.15, 0.2) is 11.4 Å². The second-order valence-electron chi connectivity index (χ2n) is 11.7. The van der Waals surface area contributed by atoms with Crippen molar-refractivity contribution in [2.24, 2.45) is 0 Å². The quantitative estimate of drug-likeness (QED) is 0.205. The van der Waals surface area contributed by atoms with Gasteiger partial charge in [-0.2, -0.15) is 5.26 Å². The normalized spacial score (nSPS) is 12.2. The minimum absolute atomic E-state index is 0.179. The standard InChI is InChI=1S/C42H25N3O/c43-25-26-10-8-15-31(22-26)39-41-40(45-42(44-39)27-11-2-1-3-12-27)36-24-29(20-21-37(36)46-41)28-13-9-14-30(23-28)38-34-18-6-4-16-32(34)33-17-5-7-19-35(33)38/h1-24,38H. The van der Waals surface area contributed by atoms with Crippen molar-refractivity contribution in [1.82, 2.24) is 9.97 Å². The Hall–Kier alpha value is -6.31. The first kappa shape index (κ1) is 26.1. The first-order valence-electron chi connectivity index (χ1n) is 15.3. The van der Waals surface area contributed by atoms with Gasteiger partial charge in [-0.05, 0) is 63.2 Å². The van der Waals surface area contributed by atoms with Crippen LogP contribution in [0.3, 0.4) is 0 Å². The summed E-state index contributed by atoms with van der Waals surface area (Å²) in [6, 6.07) is 52.4. The van der Waals surface area contributed by atoms with Crippen LogP contribution < -0.4 is 0 Å². The molecule has 4 heteroatoms. The number of nitrogens with zero attached hydrogens (tertiary/aromatic N) is 3. The fraction of sp³-hybridized carbons (Fsp3) is 0.0238. The molecule has 2 heterocycles. The van der Waals surface area contributed by atoms with Crippen molar-refractivity contribution in [1.29, 1.82) is 5.26 Å². The highest BCUT2D eigenvalue weighted by Crippen LogP contribution is 2.48. The zero-order chi connectivity index (χ0) is 30.6. The number of fused-ring (bicyclic) bond motifs is 6. The molecule has 0 radical (unpaired) electrons. The summed E-state index contributed by atoms with van der Waals surface area (Å²) < 4.78 is 6.47. The Kier molecular flexibility index (Phi) is 5.91. The summed E-state index contributed by atoms with van der Waals surface area (Å²) in [4.78, 5) is 10.0. The van der Waals surface area contributed by atoms with Crippen molar-refractivity contribution in [3.05, 3.63) is 168 Å². The second kappa shape index (κ2) is 10.4. The maximum absolute atomic E-state index is 9.59. The van der Waals surface area contributed by atoms with E-state index in [4.69, 9.17) is 14.4 Å². The van der Waals surface area contributed by atoms with Gasteiger partial charge in [0.2, 0.25) is 0 Å². The van der Waals surface area contributed by atoms with E-state index < -0.39 is 0 Å². The molecule has 0 N–H and O–H groups in total. The lowest BCUT2D eigenvalue weighted by molar-refractivity contribution is 0.667. The largest absolute Gasteiger partial charge is 0.452 e. The van der Waals surface area contributed by atoms with Crippen LogP contribution in [0.15, 0.2) is 150 Å². The van der Waals surface area contributed by atoms with Crippen molar-refractivity contribution in [3.8, 4) is 51.0 Å². The smallest absolute Gasteiger partial charge is 0.180 e. The Balaban J connectivity index is 1.22. The van der Waals surface area contributed by atoms with E-state index in [-0.39, 0.29) is 5.92 Å². The molecule has 0 fully saturated rings. The van der Waals surface area contributed by atoms with Gasteiger partial charge in [-0.15, -0.1) is 0 Å². The predicted octanol–water partition coefficient (Wildman–Crippen LogP) is 10.4. The minimum Gasteiger partial charge on any atom is -0.452 e. The third-order valence-corrected chi connectivity index (χ3v) is 9.00. The summed E-state index contributed by atoms with van der Waals surface area (Å²) in [5.41, 5.74) is 13.8. The Bertz CT molecular complexity index is 2460. The number of benzene rings is 6. The predicted molar refractivity (Wildman–Crippen MR) is 183 cm³/mol. The third-order valence-electron chi connectivity index (χ3n) is 9.00. The van der Waals surface area contributed by atoms with Crippen molar-refractivity contribution in [2.45, 2.75) is 5.92 Å². The molecule has 1 aliphatic carbocycles. The van der Waals surface area contributed by atoms with E-state index in [2.05, 4.69) is 91.0 Å². The van der Waals surface area contributed by atoms with Crippen molar-refractivity contribution < 1.29 is 4.42 Å². The third kappa shape index (κ3) is 4.14. The molecule has 0 amide bonds. The van der Waals surface area contributed by atoms with Crippen LogP contribution in [-0.2, 0) is 0 Å². The van der Waals surface area contributed by atoms with Gasteiger partial charge in [-0.25, -0.2) is 9.97 Å². The summed E-state index contributed by atoms with van der Waals surface area (Å²) in [5.74, 6) is 0.790. The van der Waals surface area contributed by atoms with Crippen LogP contribution >= 0.6 is 0 Å². The van der Waals surface area contributed by atoms with Crippen LogP contribution in [-0.4, -0.2) is 9.97 Å². The molecule has 0 saturated carbocycles. The summed E-state index contributed by atoms with van der Waals surface area (Å²) in [5, 5.41) is 10.5. The van der Waals surface area contributed by atoms with Gasteiger partial charge in [0.25, 0.3) is 0 Å². The maximum Gasteiger partial charge on any atom is 0.180 e. The lowest BCUT2D eigenvalue weighted by atomic mass is 9.87. The zero-order valence-corrected chi connectivity index (χ0v) is 24.7. The van der Waals surface area contributed by atoms with Gasteiger partial charge in [-0.1, -0.05) is 121 Å². The van der Waals surface area contributed by atoms with E-state index in [1.165, 1.54) is 27.8 Å². The van der Waals surface area contributed by atoms with Gasteiger partial charge in [0.05, 0.1) is 11.6 Å². The number of nitriles is 1. The molecule has 0 spiro atoms. The van der Waals surface area contributed by atoms with Crippen molar-refractivity contribution in [2.75, 3.05) is 0 Å². The molecule has 2 aromatic heterocycles. The number of hydrogen-bond acceptors (Lipinski definition) is 4. The number of aromatic nitrogens is 2. The molecule has 1 aliphatic rings. The summed E-state index contributed by atoms with van der Waals surface area (Å²) in [7, 11) is 0. The molecule has 46 heavy (non-hydrogen) atoms.